The molecule has 1 aliphatic rings. The predicted molar refractivity (Wildman–Crippen MR) is 69.4 cm³/mol. The first kappa shape index (κ1) is 13.6. The summed E-state index contributed by atoms with van der Waals surface area (Å²) < 4.78 is 5.45. The number of allylic oxidation sites excluding steroid dienone is 2. The molecular weight excluding hydrogens is 198 g/mol. The monoisotopic (exact) mass is 225 g/mol. The average molecular weight is 225 g/mol. The highest BCUT2D eigenvalue weighted by molar-refractivity contribution is 5.05. The summed E-state index contributed by atoms with van der Waals surface area (Å²) in [6.07, 6.45) is 5.89. The topological polar surface area (TPSA) is 12.5 Å². The lowest BCUT2D eigenvalue weighted by Gasteiger charge is -2.38. The molecule has 0 radical (unpaired) electrons. The van der Waals surface area contributed by atoms with E-state index < -0.39 is 0 Å². The minimum Gasteiger partial charge on any atom is -0.381 e. The third kappa shape index (κ3) is 3.51. The zero-order valence-corrected chi connectivity index (χ0v) is 11.3. The molecule has 1 rings (SSSR count). The van der Waals surface area contributed by atoms with Crippen LogP contribution in [0.5, 0.6) is 0 Å². The highest BCUT2D eigenvalue weighted by atomic mass is 16.5. The smallest absolute Gasteiger partial charge is 0.0485 e. The maximum Gasteiger partial charge on any atom is 0.0485 e. The van der Waals surface area contributed by atoms with Gasteiger partial charge >= 0.3 is 0 Å². The van der Waals surface area contributed by atoms with E-state index in [4.69, 9.17) is 4.74 Å². The number of rotatable bonds is 5. The fourth-order valence-electron chi connectivity index (χ4n) is 2.54. The van der Waals surface area contributed by atoms with Crippen LogP contribution in [0.15, 0.2) is 11.8 Å². The summed E-state index contributed by atoms with van der Waals surface area (Å²) in [4.78, 5) is 2.59. The molecule has 1 heterocycles. The van der Waals surface area contributed by atoms with E-state index >= 15 is 0 Å². The molecule has 0 saturated carbocycles. The molecule has 0 spiro atoms. The fraction of sp³-hybridized carbons (Fsp3) is 0.857. The van der Waals surface area contributed by atoms with E-state index in [1.165, 1.54) is 18.5 Å². The molecule has 1 fully saturated rings. The van der Waals surface area contributed by atoms with E-state index in [1.54, 1.807) is 0 Å². The van der Waals surface area contributed by atoms with Crippen molar-refractivity contribution in [2.24, 2.45) is 5.92 Å². The molecule has 0 aromatic heterocycles. The van der Waals surface area contributed by atoms with Gasteiger partial charge in [-0.3, -0.25) is 0 Å². The Morgan fingerprint density at radius 2 is 1.94 bits per heavy atom. The Morgan fingerprint density at radius 1 is 1.31 bits per heavy atom. The van der Waals surface area contributed by atoms with Crippen LogP contribution in [0.4, 0.5) is 0 Å². The highest BCUT2D eigenvalue weighted by Gasteiger charge is 2.23. The number of nitrogens with zero attached hydrogens (tertiary/aromatic N) is 1. The van der Waals surface area contributed by atoms with Crippen LogP contribution >= 0.6 is 0 Å². The summed E-state index contributed by atoms with van der Waals surface area (Å²) in [6, 6.07) is 0.693. The van der Waals surface area contributed by atoms with Crippen molar-refractivity contribution in [2.45, 2.75) is 53.0 Å². The third-order valence-corrected chi connectivity index (χ3v) is 3.31. The Labute approximate surface area is 101 Å². The van der Waals surface area contributed by atoms with Crippen LogP contribution in [0.25, 0.3) is 0 Å². The van der Waals surface area contributed by atoms with Gasteiger partial charge in [-0.05, 0) is 32.1 Å². The second-order valence-electron chi connectivity index (χ2n) is 4.82. The van der Waals surface area contributed by atoms with E-state index in [-0.39, 0.29) is 0 Å². The molecule has 0 atom stereocenters. The second kappa shape index (κ2) is 6.95. The standard InChI is InChI=1S/C14H27NO/c1-5-7-14(12(3)4)15(6-2)13-8-10-16-11-9-13/h7,12-13H,5-6,8-11H2,1-4H3/b14-7+. The molecule has 2 heteroatoms. The maximum absolute atomic E-state index is 5.45. The van der Waals surface area contributed by atoms with Crippen LogP contribution in [0.1, 0.15) is 47.0 Å². The first-order chi connectivity index (χ1) is 7.70. The summed E-state index contributed by atoms with van der Waals surface area (Å²) in [6.45, 7) is 12.1. The minimum atomic E-state index is 0.628. The van der Waals surface area contributed by atoms with Crippen molar-refractivity contribution in [2.75, 3.05) is 19.8 Å². The van der Waals surface area contributed by atoms with Crippen LogP contribution in [0.2, 0.25) is 0 Å². The number of ether oxygens (including phenoxy) is 1. The third-order valence-electron chi connectivity index (χ3n) is 3.31. The molecule has 2 nitrogen and oxygen atoms in total. The molecule has 0 bridgehead atoms. The van der Waals surface area contributed by atoms with Gasteiger partial charge in [-0.2, -0.15) is 0 Å². The van der Waals surface area contributed by atoms with E-state index in [9.17, 15) is 0 Å². The Morgan fingerprint density at radius 3 is 2.38 bits per heavy atom. The lowest BCUT2D eigenvalue weighted by molar-refractivity contribution is 0.0442. The van der Waals surface area contributed by atoms with Gasteiger partial charge in [-0.1, -0.05) is 26.8 Å². The van der Waals surface area contributed by atoms with E-state index in [2.05, 4.69) is 38.7 Å². The van der Waals surface area contributed by atoms with E-state index in [0.717, 1.165) is 26.2 Å². The van der Waals surface area contributed by atoms with Crippen molar-refractivity contribution >= 4 is 0 Å². The number of hydrogen-bond acceptors (Lipinski definition) is 2. The summed E-state index contributed by atoms with van der Waals surface area (Å²) in [5, 5.41) is 0. The van der Waals surface area contributed by atoms with Gasteiger partial charge in [-0.15, -0.1) is 0 Å². The molecule has 1 aliphatic heterocycles. The molecule has 1 saturated heterocycles. The second-order valence-corrected chi connectivity index (χ2v) is 4.82. The van der Waals surface area contributed by atoms with Crippen molar-refractivity contribution in [1.29, 1.82) is 0 Å². The van der Waals surface area contributed by atoms with Crippen LogP contribution in [-0.2, 0) is 4.74 Å². The SMILES string of the molecule is CC/C=C(\C(C)C)N(CC)C1CCOCC1. The Kier molecular flexibility index (Phi) is 5.89. The van der Waals surface area contributed by atoms with Crippen LogP contribution in [-0.4, -0.2) is 30.7 Å². The van der Waals surface area contributed by atoms with Crippen LogP contribution in [0.3, 0.4) is 0 Å². The normalized spacial score (nSPS) is 19.2. The first-order valence-corrected chi connectivity index (χ1v) is 6.75. The molecule has 0 aromatic carbocycles. The van der Waals surface area contributed by atoms with Gasteiger partial charge < -0.3 is 9.64 Å². The lowest BCUT2D eigenvalue weighted by atomic mass is 10.0. The first-order valence-electron chi connectivity index (χ1n) is 6.75. The minimum absolute atomic E-state index is 0.628. The van der Waals surface area contributed by atoms with Crippen molar-refractivity contribution in [3.8, 4) is 0 Å². The molecule has 16 heavy (non-hydrogen) atoms. The summed E-state index contributed by atoms with van der Waals surface area (Å²) in [5.74, 6) is 0.628. The average Bonchev–Trinajstić information content (AvgIpc) is 2.30. The molecular formula is C14H27NO. The van der Waals surface area contributed by atoms with Crippen molar-refractivity contribution in [1.82, 2.24) is 4.90 Å². The van der Waals surface area contributed by atoms with Gasteiger partial charge in [0.1, 0.15) is 0 Å². The quantitative estimate of drug-likeness (QED) is 0.710. The van der Waals surface area contributed by atoms with Gasteiger partial charge in [0.25, 0.3) is 0 Å². The van der Waals surface area contributed by atoms with Gasteiger partial charge in [0, 0.05) is 31.5 Å². The Bertz CT molecular complexity index is 217. The number of hydrogen-bond donors (Lipinski definition) is 0. The van der Waals surface area contributed by atoms with Crippen molar-refractivity contribution in [3.63, 3.8) is 0 Å². The van der Waals surface area contributed by atoms with Gasteiger partial charge in [0.05, 0.1) is 0 Å². The molecule has 0 unspecified atom stereocenters. The summed E-state index contributed by atoms with van der Waals surface area (Å²) in [5.41, 5.74) is 1.52. The van der Waals surface area contributed by atoms with Crippen LogP contribution in [0, 0.1) is 5.92 Å². The Balaban J connectivity index is 2.72. The van der Waals surface area contributed by atoms with Gasteiger partial charge in [-0.25, -0.2) is 0 Å². The van der Waals surface area contributed by atoms with Crippen molar-refractivity contribution < 1.29 is 4.74 Å². The Hall–Kier alpha value is -0.500. The zero-order chi connectivity index (χ0) is 12.0. The van der Waals surface area contributed by atoms with Crippen molar-refractivity contribution in [3.05, 3.63) is 11.8 Å². The molecule has 0 aliphatic carbocycles. The van der Waals surface area contributed by atoms with Crippen LogP contribution < -0.4 is 0 Å². The van der Waals surface area contributed by atoms with Gasteiger partial charge in [0.15, 0.2) is 0 Å². The van der Waals surface area contributed by atoms with Gasteiger partial charge in [0.2, 0.25) is 0 Å². The summed E-state index contributed by atoms with van der Waals surface area (Å²) in [7, 11) is 0. The predicted octanol–water partition coefficient (Wildman–Crippen LogP) is 3.44. The van der Waals surface area contributed by atoms with E-state index in [0.29, 0.717) is 12.0 Å². The highest BCUT2D eigenvalue weighted by Crippen LogP contribution is 2.24. The molecule has 0 aromatic rings. The lowest BCUT2D eigenvalue weighted by Crippen LogP contribution is -2.40. The maximum atomic E-state index is 5.45. The molecule has 0 amide bonds. The fourth-order valence-corrected chi connectivity index (χ4v) is 2.54. The molecule has 94 valence electrons. The molecule has 0 N–H and O–H groups in total. The summed E-state index contributed by atoms with van der Waals surface area (Å²) >= 11 is 0. The largest absolute Gasteiger partial charge is 0.381 e. The zero-order valence-electron chi connectivity index (χ0n) is 11.3. The van der Waals surface area contributed by atoms with E-state index in [1.807, 2.05) is 0 Å².